The lowest BCUT2D eigenvalue weighted by molar-refractivity contribution is -0.121. The van der Waals surface area contributed by atoms with Crippen molar-refractivity contribution in [3.05, 3.63) is 23.8 Å². The number of hydrogen-bond donors (Lipinski definition) is 2. The molecule has 1 aromatic carbocycles. The van der Waals surface area contributed by atoms with Gasteiger partial charge >= 0.3 is 0 Å². The second-order valence-corrected chi connectivity index (χ2v) is 3.86. The van der Waals surface area contributed by atoms with Crippen LogP contribution in [0.25, 0.3) is 0 Å². The zero-order chi connectivity index (χ0) is 13.4. The molecule has 19 heavy (non-hydrogen) atoms. The van der Waals surface area contributed by atoms with E-state index in [2.05, 4.69) is 5.32 Å². The van der Waals surface area contributed by atoms with Crippen LogP contribution < -0.4 is 20.5 Å². The third-order valence-corrected chi connectivity index (χ3v) is 2.55. The van der Waals surface area contributed by atoms with Gasteiger partial charge in [-0.05, 0) is 30.7 Å². The number of nitrogens with one attached hydrogen (secondary N) is 1. The van der Waals surface area contributed by atoms with E-state index in [-0.39, 0.29) is 18.3 Å². The number of carbonyl (C=O) groups excluding carboxylic acids is 1. The van der Waals surface area contributed by atoms with Gasteiger partial charge in [-0.25, -0.2) is 0 Å². The van der Waals surface area contributed by atoms with Crippen LogP contribution in [0.4, 0.5) is 0 Å². The van der Waals surface area contributed by atoms with Crippen molar-refractivity contribution in [1.29, 1.82) is 0 Å². The molecule has 0 unspecified atom stereocenters. The zero-order valence-electron chi connectivity index (χ0n) is 11.3. The lowest BCUT2D eigenvalue weighted by Crippen LogP contribution is -2.23. The van der Waals surface area contributed by atoms with Crippen LogP contribution in [0.15, 0.2) is 18.2 Å². The molecule has 6 heteroatoms. The molecule has 0 saturated heterocycles. The third-order valence-electron chi connectivity index (χ3n) is 2.55. The maximum Gasteiger partial charge on any atom is 0.220 e. The van der Waals surface area contributed by atoms with Crippen molar-refractivity contribution < 1.29 is 14.3 Å². The summed E-state index contributed by atoms with van der Waals surface area (Å²) in [5.74, 6) is 1.34. The fourth-order valence-electron chi connectivity index (χ4n) is 1.54. The zero-order valence-corrected chi connectivity index (χ0v) is 12.1. The summed E-state index contributed by atoms with van der Waals surface area (Å²) >= 11 is 0. The molecule has 0 fully saturated rings. The number of halogens is 1. The van der Waals surface area contributed by atoms with Gasteiger partial charge in [0.15, 0.2) is 11.5 Å². The molecule has 1 amide bonds. The standard InChI is InChI=1S/C13H20N2O3.ClH/c1-17-11-6-5-10(8-12(11)18-2)9-15-13(16)4-3-7-14;/h5-6,8H,3-4,7,9,14H2,1-2H3,(H,15,16);1H. The minimum atomic E-state index is 0. The second kappa shape index (κ2) is 9.47. The number of hydrogen-bond acceptors (Lipinski definition) is 4. The quantitative estimate of drug-likeness (QED) is 0.797. The van der Waals surface area contributed by atoms with E-state index in [1.807, 2.05) is 18.2 Å². The third kappa shape index (κ3) is 5.81. The van der Waals surface area contributed by atoms with Gasteiger partial charge < -0.3 is 20.5 Å². The van der Waals surface area contributed by atoms with E-state index in [9.17, 15) is 4.79 Å². The van der Waals surface area contributed by atoms with Gasteiger partial charge in [0.05, 0.1) is 14.2 Å². The number of carbonyl (C=O) groups is 1. The maximum absolute atomic E-state index is 11.4. The van der Waals surface area contributed by atoms with Gasteiger partial charge in [0.25, 0.3) is 0 Å². The fourth-order valence-corrected chi connectivity index (χ4v) is 1.54. The number of ether oxygens (including phenoxy) is 2. The molecule has 0 heterocycles. The van der Waals surface area contributed by atoms with Crippen LogP contribution >= 0.6 is 12.4 Å². The van der Waals surface area contributed by atoms with E-state index in [1.54, 1.807) is 14.2 Å². The van der Waals surface area contributed by atoms with Crippen LogP contribution in [0, 0.1) is 0 Å². The summed E-state index contributed by atoms with van der Waals surface area (Å²) in [5.41, 5.74) is 6.31. The Morgan fingerprint density at radius 3 is 2.53 bits per heavy atom. The maximum atomic E-state index is 11.4. The first-order chi connectivity index (χ1) is 8.71. The van der Waals surface area contributed by atoms with Gasteiger partial charge in [0.2, 0.25) is 5.91 Å². The van der Waals surface area contributed by atoms with Crippen molar-refractivity contribution in [2.75, 3.05) is 20.8 Å². The molecule has 0 aromatic heterocycles. The summed E-state index contributed by atoms with van der Waals surface area (Å²) in [6.45, 7) is 1.01. The molecular formula is C13H21ClN2O3. The number of amides is 1. The molecule has 0 aliphatic rings. The number of rotatable bonds is 7. The first-order valence-corrected chi connectivity index (χ1v) is 5.89. The molecule has 0 spiro atoms. The average molecular weight is 289 g/mol. The smallest absolute Gasteiger partial charge is 0.220 e. The lowest BCUT2D eigenvalue weighted by Gasteiger charge is -2.10. The summed E-state index contributed by atoms with van der Waals surface area (Å²) in [6.07, 6.45) is 1.17. The van der Waals surface area contributed by atoms with Gasteiger partial charge in [0, 0.05) is 13.0 Å². The molecule has 0 atom stereocenters. The Hall–Kier alpha value is -1.46. The van der Waals surface area contributed by atoms with Gasteiger partial charge in [0.1, 0.15) is 0 Å². The highest BCUT2D eigenvalue weighted by Crippen LogP contribution is 2.27. The molecule has 3 N–H and O–H groups in total. The summed E-state index contributed by atoms with van der Waals surface area (Å²) in [6, 6.07) is 5.56. The van der Waals surface area contributed by atoms with Crippen molar-refractivity contribution in [1.82, 2.24) is 5.32 Å². The van der Waals surface area contributed by atoms with Crippen molar-refractivity contribution in [2.45, 2.75) is 19.4 Å². The molecule has 0 aliphatic heterocycles. The lowest BCUT2D eigenvalue weighted by atomic mass is 10.2. The van der Waals surface area contributed by atoms with Crippen LogP contribution in [-0.4, -0.2) is 26.7 Å². The molecule has 0 aliphatic carbocycles. The Morgan fingerprint density at radius 2 is 1.95 bits per heavy atom. The fraction of sp³-hybridized carbons (Fsp3) is 0.462. The molecule has 0 bridgehead atoms. The predicted octanol–water partition coefficient (Wildman–Crippen LogP) is 1.48. The molecule has 0 saturated carbocycles. The Morgan fingerprint density at radius 1 is 1.26 bits per heavy atom. The Kier molecular flexibility index (Phi) is 8.74. The van der Waals surface area contributed by atoms with Crippen LogP contribution in [-0.2, 0) is 11.3 Å². The highest BCUT2D eigenvalue weighted by atomic mass is 35.5. The van der Waals surface area contributed by atoms with E-state index >= 15 is 0 Å². The minimum Gasteiger partial charge on any atom is -0.493 e. The number of nitrogens with two attached hydrogens (primary N) is 1. The van der Waals surface area contributed by atoms with E-state index in [0.717, 1.165) is 5.56 Å². The van der Waals surface area contributed by atoms with Crippen molar-refractivity contribution in [2.24, 2.45) is 5.73 Å². The highest BCUT2D eigenvalue weighted by molar-refractivity contribution is 5.85. The normalized spacial score (nSPS) is 9.42. The molecule has 1 aromatic rings. The topological polar surface area (TPSA) is 73.6 Å². The van der Waals surface area contributed by atoms with Crippen LogP contribution in [0.2, 0.25) is 0 Å². The van der Waals surface area contributed by atoms with Gasteiger partial charge in [-0.1, -0.05) is 6.07 Å². The second-order valence-electron chi connectivity index (χ2n) is 3.86. The van der Waals surface area contributed by atoms with Gasteiger partial charge in [-0.3, -0.25) is 4.79 Å². The predicted molar refractivity (Wildman–Crippen MR) is 76.9 cm³/mol. The molecular weight excluding hydrogens is 268 g/mol. The monoisotopic (exact) mass is 288 g/mol. The van der Waals surface area contributed by atoms with Gasteiger partial charge in [-0.2, -0.15) is 0 Å². The van der Waals surface area contributed by atoms with E-state index in [4.69, 9.17) is 15.2 Å². The minimum absolute atomic E-state index is 0. The summed E-state index contributed by atoms with van der Waals surface area (Å²) < 4.78 is 10.3. The van der Waals surface area contributed by atoms with Crippen LogP contribution in [0.3, 0.4) is 0 Å². The molecule has 108 valence electrons. The molecule has 0 radical (unpaired) electrons. The highest BCUT2D eigenvalue weighted by Gasteiger charge is 2.05. The van der Waals surface area contributed by atoms with Crippen molar-refractivity contribution in [3.63, 3.8) is 0 Å². The van der Waals surface area contributed by atoms with E-state index < -0.39 is 0 Å². The summed E-state index contributed by atoms with van der Waals surface area (Å²) in [4.78, 5) is 11.4. The van der Waals surface area contributed by atoms with Gasteiger partial charge in [-0.15, -0.1) is 12.4 Å². The SMILES string of the molecule is COc1ccc(CNC(=O)CCCN)cc1OC.Cl. The van der Waals surface area contributed by atoms with Crippen molar-refractivity contribution >= 4 is 18.3 Å². The number of methoxy groups -OCH3 is 2. The Bertz CT molecular complexity index is 399. The first-order valence-electron chi connectivity index (χ1n) is 5.89. The molecule has 1 rings (SSSR count). The average Bonchev–Trinajstić information content (AvgIpc) is 2.42. The molecule has 5 nitrogen and oxygen atoms in total. The van der Waals surface area contributed by atoms with Crippen LogP contribution in [0.1, 0.15) is 18.4 Å². The van der Waals surface area contributed by atoms with Crippen LogP contribution in [0.5, 0.6) is 11.5 Å². The number of benzene rings is 1. The largest absolute Gasteiger partial charge is 0.493 e. The Balaban J connectivity index is 0.00000324. The Labute approximate surface area is 119 Å². The van der Waals surface area contributed by atoms with E-state index in [1.165, 1.54) is 0 Å². The summed E-state index contributed by atoms with van der Waals surface area (Å²) in [5, 5.41) is 2.83. The summed E-state index contributed by atoms with van der Waals surface area (Å²) in [7, 11) is 3.17. The van der Waals surface area contributed by atoms with Crippen molar-refractivity contribution in [3.8, 4) is 11.5 Å². The first kappa shape index (κ1) is 17.5. The van der Waals surface area contributed by atoms with E-state index in [0.29, 0.717) is 37.4 Å².